The molecular formula is C41H47N9O7. The smallest absolute Gasteiger partial charge is 0.407 e. The fourth-order valence-corrected chi connectivity index (χ4v) is 8.25. The molecule has 6 aromatic rings. The number of benzene rings is 2. The van der Waals surface area contributed by atoms with Crippen LogP contribution < -0.4 is 10.6 Å². The van der Waals surface area contributed by atoms with E-state index in [1.165, 1.54) is 14.2 Å². The Bertz CT molecular complexity index is 2520. The van der Waals surface area contributed by atoms with E-state index in [1.807, 2.05) is 70.3 Å². The fraction of sp³-hybridized carbons (Fsp3) is 0.439. The van der Waals surface area contributed by atoms with E-state index in [1.54, 1.807) is 9.80 Å². The number of amides is 4. The molecule has 57 heavy (non-hydrogen) atoms. The summed E-state index contributed by atoms with van der Waals surface area (Å²) in [6.07, 6.45) is 3.69. The molecule has 8 rings (SSSR count). The van der Waals surface area contributed by atoms with Crippen LogP contribution in [-0.4, -0.2) is 98.1 Å². The zero-order chi connectivity index (χ0) is 40.1. The molecule has 2 aliphatic heterocycles. The van der Waals surface area contributed by atoms with Crippen LogP contribution in [0.2, 0.25) is 0 Å². The number of imidazole rings is 2. The van der Waals surface area contributed by atoms with Crippen molar-refractivity contribution in [2.45, 2.75) is 77.5 Å². The van der Waals surface area contributed by atoms with Gasteiger partial charge in [0.15, 0.2) is 17.2 Å². The number of hydrogen-bond donors (Lipinski definition) is 4. The first kappa shape index (κ1) is 37.7. The van der Waals surface area contributed by atoms with Crippen molar-refractivity contribution in [1.29, 1.82) is 0 Å². The van der Waals surface area contributed by atoms with Crippen LogP contribution in [0.3, 0.4) is 0 Å². The third-order valence-electron chi connectivity index (χ3n) is 11.3. The first-order chi connectivity index (χ1) is 27.4. The molecule has 4 atom stereocenters. The number of alkyl carbamates (subject to hydrolysis) is 2. The Hall–Kier alpha value is -6.19. The molecule has 0 unspecified atom stereocenters. The lowest BCUT2D eigenvalue weighted by Gasteiger charge is -2.29. The summed E-state index contributed by atoms with van der Waals surface area (Å²) in [5, 5.41) is 8.09. The largest absolute Gasteiger partial charge is 0.453 e. The molecule has 4 aromatic heterocycles. The molecule has 16 nitrogen and oxygen atoms in total. The summed E-state index contributed by atoms with van der Waals surface area (Å²) in [7, 11) is 2.56. The summed E-state index contributed by atoms with van der Waals surface area (Å²) >= 11 is 0. The van der Waals surface area contributed by atoms with Gasteiger partial charge in [-0.15, -0.1) is 0 Å². The van der Waals surface area contributed by atoms with Gasteiger partial charge in [0.05, 0.1) is 43.0 Å². The van der Waals surface area contributed by atoms with Crippen molar-refractivity contribution in [2.24, 2.45) is 11.8 Å². The van der Waals surface area contributed by atoms with E-state index >= 15 is 0 Å². The van der Waals surface area contributed by atoms with Crippen LogP contribution in [0, 0.1) is 11.8 Å². The van der Waals surface area contributed by atoms with Gasteiger partial charge < -0.3 is 44.3 Å². The minimum atomic E-state index is -0.727. The highest BCUT2D eigenvalue weighted by Gasteiger charge is 2.39. The summed E-state index contributed by atoms with van der Waals surface area (Å²) in [6, 6.07) is 9.84. The van der Waals surface area contributed by atoms with Crippen molar-refractivity contribution in [3.63, 3.8) is 0 Å². The maximum Gasteiger partial charge on any atom is 0.407 e. The van der Waals surface area contributed by atoms with E-state index in [0.717, 1.165) is 64.1 Å². The number of H-pyrrole nitrogens is 2. The van der Waals surface area contributed by atoms with Gasteiger partial charge in [-0.05, 0) is 73.2 Å². The minimum absolute atomic E-state index is 0.135. The molecule has 0 aliphatic carbocycles. The van der Waals surface area contributed by atoms with Gasteiger partial charge in [0.25, 0.3) is 0 Å². The fourth-order valence-electron chi connectivity index (χ4n) is 8.25. The standard InChI is InChI=1S/C41H47N9O7/c1-20(2)31(47-40(53)55-5)38(51)49-15-7-9-28(49)36-43-25-13-11-22-17-27(42-19-24(22)33(25)45-36)30-18-23-12-14-26-34(35(23)57-30)46-37(44-26)29-10-8-16-50(29)39(52)32(21(3)4)48-41(54)56-6/h11-14,17-21,28-29,31-32,42H,7-10,15-16H2,1-6H3,(H,44,46)(H,47,53)(H,48,54)/t28-,29-,31-,32-/m0/s1. The number of likely N-dealkylation sites (tertiary alicyclic amines) is 2. The van der Waals surface area contributed by atoms with Crippen molar-refractivity contribution in [3.8, 4) is 11.5 Å². The van der Waals surface area contributed by atoms with E-state index in [2.05, 4.69) is 20.6 Å². The van der Waals surface area contributed by atoms with Gasteiger partial charge in [-0.1, -0.05) is 33.8 Å². The molecule has 16 heteroatoms. The Morgan fingerprint density at radius 2 is 1.42 bits per heavy atom. The number of methoxy groups -OCH3 is 2. The quantitative estimate of drug-likeness (QED) is 0.126. The number of aromatic nitrogens is 5. The first-order valence-corrected chi connectivity index (χ1v) is 19.5. The number of carbonyl (C=O) groups excluding carboxylic acids is 4. The van der Waals surface area contributed by atoms with Crippen LogP contribution in [0.25, 0.3) is 55.3 Å². The monoisotopic (exact) mass is 777 g/mol. The topological polar surface area (TPSA) is 201 Å². The molecule has 0 radical (unpaired) electrons. The third kappa shape index (κ3) is 6.86. The number of rotatable bonds is 9. The molecule has 298 valence electrons. The lowest BCUT2D eigenvalue weighted by molar-refractivity contribution is -0.136. The van der Waals surface area contributed by atoms with Crippen LogP contribution in [-0.2, 0) is 19.1 Å². The number of pyridine rings is 1. The van der Waals surface area contributed by atoms with E-state index in [9.17, 15) is 19.2 Å². The maximum absolute atomic E-state index is 13.7. The number of hydrogen-bond acceptors (Lipinski definition) is 10. The first-order valence-electron chi connectivity index (χ1n) is 19.5. The van der Waals surface area contributed by atoms with Crippen LogP contribution in [0.15, 0.2) is 47.0 Å². The van der Waals surface area contributed by atoms with Crippen molar-refractivity contribution in [2.75, 3.05) is 27.3 Å². The van der Waals surface area contributed by atoms with Crippen LogP contribution in [0.4, 0.5) is 9.59 Å². The lowest BCUT2D eigenvalue weighted by atomic mass is 10.0. The van der Waals surface area contributed by atoms with Crippen LogP contribution in [0.1, 0.15) is 77.1 Å². The van der Waals surface area contributed by atoms with E-state index in [-0.39, 0.29) is 35.7 Å². The van der Waals surface area contributed by atoms with Gasteiger partial charge in [-0.3, -0.25) is 9.59 Å². The number of carbonyl (C=O) groups is 4. The van der Waals surface area contributed by atoms with Gasteiger partial charge in [-0.2, -0.15) is 0 Å². The van der Waals surface area contributed by atoms with Crippen molar-refractivity contribution in [1.82, 2.24) is 45.4 Å². The molecule has 2 aromatic carbocycles. The molecule has 4 N–H and O–H groups in total. The Morgan fingerprint density at radius 3 is 2.07 bits per heavy atom. The van der Waals surface area contributed by atoms with Gasteiger partial charge in [0, 0.05) is 30.1 Å². The average Bonchev–Trinajstić information content (AvgIpc) is 4.05. The summed E-state index contributed by atoms with van der Waals surface area (Å²) in [4.78, 5) is 76.7. The van der Waals surface area contributed by atoms with E-state index in [4.69, 9.17) is 28.8 Å². The Balaban J connectivity index is 1.06. The Labute approximate surface area is 328 Å². The molecule has 2 aliphatic rings. The number of ether oxygens (including phenoxy) is 2. The number of fused-ring (bicyclic) bond motifs is 6. The third-order valence-corrected chi connectivity index (χ3v) is 11.3. The molecule has 4 amide bonds. The normalized spacial score (nSPS) is 18.3. The van der Waals surface area contributed by atoms with Gasteiger partial charge in [-0.25, -0.2) is 24.5 Å². The van der Waals surface area contributed by atoms with Gasteiger partial charge >= 0.3 is 12.2 Å². The second-order valence-electron chi connectivity index (χ2n) is 15.6. The Morgan fingerprint density at radius 1 is 0.789 bits per heavy atom. The molecule has 2 fully saturated rings. The number of nitrogens with one attached hydrogen (secondary N) is 4. The SMILES string of the molecule is COC(=O)N[C@H](C(=O)N1CCC[C@H]1c1nc2ccc3cc(-c4cc5ccc6[nH]c([C@@H]7CCCN7C(=O)[C@@H](NC(=O)OC)C(C)C)nc6c5o4)[nH]cc3c2n1)C(C)C. The zero-order valence-corrected chi connectivity index (χ0v) is 32.8. The predicted octanol–water partition coefficient (Wildman–Crippen LogP) is 6.49. The number of nitrogens with zero attached hydrogens (tertiary/aromatic N) is 5. The highest BCUT2D eigenvalue weighted by atomic mass is 16.5. The summed E-state index contributed by atoms with van der Waals surface area (Å²) < 4.78 is 16.1. The van der Waals surface area contributed by atoms with Gasteiger partial charge in [0.2, 0.25) is 11.8 Å². The van der Waals surface area contributed by atoms with Crippen molar-refractivity contribution < 1.29 is 33.1 Å². The number of aromatic amines is 2. The molecule has 6 heterocycles. The van der Waals surface area contributed by atoms with E-state index in [0.29, 0.717) is 41.6 Å². The second-order valence-corrected chi connectivity index (χ2v) is 15.6. The maximum atomic E-state index is 13.7. The summed E-state index contributed by atoms with van der Waals surface area (Å²) in [6.45, 7) is 8.67. The molecule has 0 bridgehead atoms. The van der Waals surface area contributed by atoms with E-state index < -0.39 is 24.3 Å². The van der Waals surface area contributed by atoms with Crippen molar-refractivity contribution in [3.05, 3.63) is 54.2 Å². The van der Waals surface area contributed by atoms with Gasteiger partial charge in [0.1, 0.15) is 28.9 Å². The lowest BCUT2D eigenvalue weighted by Crippen LogP contribution is -2.51. The van der Waals surface area contributed by atoms with Crippen LogP contribution >= 0.6 is 0 Å². The summed E-state index contributed by atoms with van der Waals surface area (Å²) in [5.74, 6) is 1.26. The number of furan rings is 1. The van der Waals surface area contributed by atoms with Crippen LogP contribution in [0.5, 0.6) is 0 Å². The van der Waals surface area contributed by atoms with Crippen molar-refractivity contribution >= 4 is 67.8 Å². The minimum Gasteiger partial charge on any atom is -0.453 e. The second kappa shape index (κ2) is 15.0. The molecular weight excluding hydrogens is 731 g/mol. The summed E-state index contributed by atoms with van der Waals surface area (Å²) in [5.41, 5.74) is 4.31. The molecule has 0 spiro atoms. The zero-order valence-electron chi connectivity index (χ0n) is 32.8. The highest BCUT2D eigenvalue weighted by molar-refractivity contribution is 6.05. The average molecular weight is 778 g/mol. The molecule has 0 saturated carbocycles. The predicted molar refractivity (Wildman–Crippen MR) is 212 cm³/mol. The highest BCUT2D eigenvalue weighted by Crippen LogP contribution is 2.38. The Kier molecular flexibility index (Phi) is 9.96. The molecule has 2 saturated heterocycles.